The third-order valence-corrected chi connectivity index (χ3v) is 4.00. The van der Waals surface area contributed by atoms with Gasteiger partial charge >= 0.3 is 0 Å². The zero-order chi connectivity index (χ0) is 15.6. The fourth-order valence-corrected chi connectivity index (χ4v) is 2.92. The molecule has 0 aliphatic carbocycles. The quantitative estimate of drug-likeness (QED) is 0.745. The minimum absolute atomic E-state index is 0.0834. The van der Waals surface area contributed by atoms with Gasteiger partial charge in [-0.3, -0.25) is 9.59 Å². The van der Waals surface area contributed by atoms with E-state index in [1.807, 2.05) is 11.8 Å². The van der Waals surface area contributed by atoms with E-state index in [1.165, 1.54) is 0 Å². The van der Waals surface area contributed by atoms with Crippen LogP contribution in [0.15, 0.2) is 16.6 Å². The number of anilines is 2. The third kappa shape index (κ3) is 3.19. The molecule has 0 radical (unpaired) electrons. The summed E-state index contributed by atoms with van der Waals surface area (Å²) in [6, 6.07) is 3.51. The highest BCUT2D eigenvalue weighted by atomic mass is 79.9. The van der Waals surface area contributed by atoms with Crippen molar-refractivity contribution in [2.75, 3.05) is 30.4 Å². The van der Waals surface area contributed by atoms with Crippen LogP contribution >= 0.6 is 15.9 Å². The van der Waals surface area contributed by atoms with E-state index in [0.717, 1.165) is 16.6 Å². The maximum absolute atomic E-state index is 11.6. The zero-order valence-corrected chi connectivity index (χ0v) is 13.5. The molecule has 3 N–H and O–H groups in total. The molecule has 0 bridgehead atoms. The average Bonchev–Trinajstić information content (AvgIpc) is 2.73. The van der Waals surface area contributed by atoms with E-state index in [-0.39, 0.29) is 12.5 Å². The van der Waals surface area contributed by atoms with Gasteiger partial charge < -0.3 is 20.6 Å². The molecule has 0 spiro atoms. The van der Waals surface area contributed by atoms with Crippen molar-refractivity contribution in [3.63, 3.8) is 0 Å². The van der Waals surface area contributed by atoms with Gasteiger partial charge in [-0.25, -0.2) is 0 Å². The van der Waals surface area contributed by atoms with Crippen LogP contribution in [-0.4, -0.2) is 37.1 Å². The lowest BCUT2D eigenvalue weighted by Crippen LogP contribution is -2.36. The van der Waals surface area contributed by atoms with E-state index in [2.05, 4.69) is 26.6 Å². The number of fused-ring (bicyclic) bond motifs is 1. The molecular weight excluding hydrogens is 338 g/mol. The molecule has 0 saturated carbocycles. The number of amides is 2. The Morgan fingerprint density at radius 3 is 2.86 bits per heavy atom. The monoisotopic (exact) mass is 355 g/mol. The highest BCUT2D eigenvalue weighted by Gasteiger charge is 2.30. The predicted molar refractivity (Wildman–Crippen MR) is 84.3 cm³/mol. The van der Waals surface area contributed by atoms with Gasteiger partial charge in [0.05, 0.1) is 12.2 Å². The Morgan fingerprint density at radius 1 is 1.52 bits per heavy atom. The van der Waals surface area contributed by atoms with Crippen LogP contribution in [0.5, 0.6) is 0 Å². The Morgan fingerprint density at radius 2 is 2.24 bits per heavy atom. The number of carbonyl (C=O) groups is 2. The van der Waals surface area contributed by atoms with Crippen LogP contribution in [0.4, 0.5) is 11.4 Å². The number of aliphatic hydroxyl groups excluding tert-OH is 1. The molecule has 114 valence electrons. The van der Waals surface area contributed by atoms with E-state index in [0.29, 0.717) is 17.8 Å². The summed E-state index contributed by atoms with van der Waals surface area (Å²) >= 11 is 3.46. The maximum Gasteiger partial charge on any atom is 0.257 e. The fraction of sp³-hybridized carbons (Fsp3) is 0.429. The summed E-state index contributed by atoms with van der Waals surface area (Å²) in [7, 11) is 1.60. The Balaban J connectivity index is 2.36. The lowest BCUT2D eigenvalue weighted by molar-refractivity contribution is -0.123. The molecule has 1 aromatic carbocycles. The van der Waals surface area contributed by atoms with Crippen molar-refractivity contribution in [1.82, 2.24) is 5.32 Å². The molecule has 2 rings (SSSR count). The van der Waals surface area contributed by atoms with Gasteiger partial charge in [0.15, 0.2) is 6.10 Å². The van der Waals surface area contributed by atoms with Crippen LogP contribution in [0.25, 0.3) is 0 Å². The molecule has 7 heteroatoms. The van der Waals surface area contributed by atoms with Crippen LogP contribution in [0.3, 0.4) is 0 Å². The van der Waals surface area contributed by atoms with Gasteiger partial charge in [-0.1, -0.05) is 6.92 Å². The number of likely N-dealkylation sites (N-methyl/N-ethyl adjacent to an activating group) is 1. The lowest BCUT2D eigenvalue weighted by atomic mass is 10.1. The van der Waals surface area contributed by atoms with Crippen LogP contribution < -0.4 is 15.5 Å². The first-order valence-corrected chi connectivity index (χ1v) is 7.55. The number of hydrogen-bond acceptors (Lipinski definition) is 4. The van der Waals surface area contributed by atoms with Crippen molar-refractivity contribution in [2.45, 2.75) is 19.4 Å². The van der Waals surface area contributed by atoms with Crippen molar-refractivity contribution < 1.29 is 14.7 Å². The highest BCUT2D eigenvalue weighted by molar-refractivity contribution is 9.10. The molecule has 0 fully saturated rings. The van der Waals surface area contributed by atoms with Gasteiger partial charge in [0.1, 0.15) is 0 Å². The molecule has 0 saturated heterocycles. The van der Waals surface area contributed by atoms with E-state index in [1.54, 1.807) is 19.2 Å². The summed E-state index contributed by atoms with van der Waals surface area (Å²) < 4.78 is 0.745. The van der Waals surface area contributed by atoms with Crippen LogP contribution in [0.2, 0.25) is 0 Å². The molecule has 1 atom stereocenters. The minimum Gasteiger partial charge on any atom is -0.378 e. The first-order chi connectivity index (χ1) is 9.97. The van der Waals surface area contributed by atoms with Crippen molar-refractivity contribution in [3.8, 4) is 0 Å². The van der Waals surface area contributed by atoms with E-state index in [9.17, 15) is 14.7 Å². The molecule has 1 aliphatic heterocycles. The lowest BCUT2D eigenvalue weighted by Gasteiger charge is -2.25. The molecule has 6 nitrogen and oxygen atoms in total. The topological polar surface area (TPSA) is 81.7 Å². The second-order valence-electron chi connectivity index (χ2n) is 4.88. The second-order valence-corrected chi connectivity index (χ2v) is 5.73. The molecule has 1 aromatic rings. The normalized spacial score (nSPS) is 16.4. The Bertz CT molecular complexity index is 577. The number of benzene rings is 1. The summed E-state index contributed by atoms with van der Waals surface area (Å²) in [5.74, 6) is -0.512. The number of carbonyl (C=O) groups excluding carboxylic acids is 2. The summed E-state index contributed by atoms with van der Waals surface area (Å²) in [5, 5.41) is 15.0. The van der Waals surface area contributed by atoms with Gasteiger partial charge in [-0.15, -0.1) is 0 Å². The first kappa shape index (κ1) is 15.8. The zero-order valence-electron chi connectivity index (χ0n) is 11.9. The Kier molecular flexibility index (Phi) is 4.84. The molecule has 1 heterocycles. The summed E-state index contributed by atoms with van der Waals surface area (Å²) in [6.45, 7) is 2.98. The number of rotatable bonds is 5. The molecule has 21 heavy (non-hydrogen) atoms. The summed E-state index contributed by atoms with van der Waals surface area (Å²) in [4.78, 5) is 25.1. The van der Waals surface area contributed by atoms with Crippen LogP contribution in [0, 0.1) is 0 Å². The molecule has 0 aromatic heterocycles. The number of aliphatic hydroxyl groups is 1. The number of halogens is 1. The van der Waals surface area contributed by atoms with Gasteiger partial charge in [-0.2, -0.15) is 0 Å². The molecule has 2 amide bonds. The van der Waals surface area contributed by atoms with E-state index >= 15 is 0 Å². The first-order valence-electron chi connectivity index (χ1n) is 6.75. The van der Waals surface area contributed by atoms with Gasteiger partial charge in [0, 0.05) is 29.3 Å². The Hall–Kier alpha value is -1.60. The second kappa shape index (κ2) is 6.44. The SMILES string of the molecule is CCCN(CC(=O)NC)c1cc2c(cc1Br)C(O)C(=O)N2. The molecular formula is C14H18BrN3O3. The van der Waals surface area contributed by atoms with E-state index in [4.69, 9.17) is 0 Å². The Labute approximate surface area is 131 Å². The van der Waals surface area contributed by atoms with Crippen molar-refractivity contribution >= 4 is 39.1 Å². The number of nitrogens with one attached hydrogen (secondary N) is 2. The summed E-state index contributed by atoms with van der Waals surface area (Å²) in [5.41, 5.74) is 1.95. The number of nitrogens with zero attached hydrogens (tertiary/aromatic N) is 1. The molecule has 1 aliphatic rings. The third-order valence-electron chi connectivity index (χ3n) is 3.37. The predicted octanol–water partition coefficient (Wildman–Crippen LogP) is 1.40. The minimum atomic E-state index is -1.14. The maximum atomic E-state index is 11.6. The van der Waals surface area contributed by atoms with Crippen LogP contribution in [0.1, 0.15) is 25.0 Å². The van der Waals surface area contributed by atoms with Crippen molar-refractivity contribution in [1.29, 1.82) is 0 Å². The number of hydrogen-bond donors (Lipinski definition) is 3. The smallest absolute Gasteiger partial charge is 0.257 e. The van der Waals surface area contributed by atoms with Crippen LogP contribution in [-0.2, 0) is 9.59 Å². The van der Waals surface area contributed by atoms with Gasteiger partial charge in [-0.05, 0) is 34.5 Å². The molecule has 1 unspecified atom stereocenters. The standard InChI is InChI=1S/C14H18BrN3O3/c1-3-4-18(7-12(19)16-2)11-6-10-8(5-9(11)15)13(20)14(21)17-10/h5-6,13,20H,3-4,7H2,1-2H3,(H,16,19)(H,17,21). The highest BCUT2D eigenvalue weighted by Crippen LogP contribution is 2.39. The van der Waals surface area contributed by atoms with Gasteiger partial charge in [0.2, 0.25) is 5.91 Å². The summed E-state index contributed by atoms with van der Waals surface area (Å²) in [6.07, 6.45) is -0.251. The van der Waals surface area contributed by atoms with E-state index < -0.39 is 12.0 Å². The fourth-order valence-electron chi connectivity index (χ4n) is 2.30. The van der Waals surface area contributed by atoms with Crippen molar-refractivity contribution in [3.05, 3.63) is 22.2 Å². The van der Waals surface area contributed by atoms with Crippen molar-refractivity contribution in [2.24, 2.45) is 0 Å². The largest absolute Gasteiger partial charge is 0.378 e. The van der Waals surface area contributed by atoms with Gasteiger partial charge in [0.25, 0.3) is 5.91 Å². The average molecular weight is 356 g/mol.